The van der Waals surface area contributed by atoms with E-state index in [-0.39, 0.29) is 24.5 Å². The van der Waals surface area contributed by atoms with Gasteiger partial charge >= 0.3 is 0 Å². The van der Waals surface area contributed by atoms with E-state index in [1.54, 1.807) is 24.3 Å². The molecule has 5 heteroatoms. The zero-order chi connectivity index (χ0) is 13.5. The summed E-state index contributed by atoms with van der Waals surface area (Å²) in [6.45, 7) is 3.20. The first kappa shape index (κ1) is 14.2. The predicted octanol–water partition coefficient (Wildman–Crippen LogP) is 1.15. The summed E-state index contributed by atoms with van der Waals surface area (Å²) < 4.78 is 0. The first-order chi connectivity index (χ1) is 8.56. The summed E-state index contributed by atoms with van der Waals surface area (Å²) in [6.07, 6.45) is 0.660. The summed E-state index contributed by atoms with van der Waals surface area (Å²) in [5.41, 5.74) is 1.03. The predicted molar refractivity (Wildman–Crippen MR) is 69.4 cm³/mol. The molecule has 1 rings (SSSR count). The van der Waals surface area contributed by atoms with E-state index >= 15 is 0 Å². The maximum Gasteiger partial charge on any atom is 0.251 e. The van der Waals surface area contributed by atoms with Crippen molar-refractivity contribution >= 4 is 17.5 Å². The Morgan fingerprint density at radius 1 is 1.39 bits per heavy atom. The van der Waals surface area contributed by atoms with Crippen LogP contribution in [-0.2, 0) is 4.79 Å². The number of nitrogens with one attached hydrogen (secondary N) is 2. The van der Waals surface area contributed by atoms with Gasteiger partial charge in [0.2, 0.25) is 5.91 Å². The highest BCUT2D eigenvalue weighted by atomic mass is 16.3. The molecule has 0 bridgehead atoms. The molecule has 0 unspecified atom stereocenters. The van der Waals surface area contributed by atoms with E-state index in [0.717, 1.165) is 0 Å². The molecule has 0 aliphatic heterocycles. The molecule has 3 N–H and O–H groups in total. The van der Waals surface area contributed by atoms with Crippen LogP contribution in [-0.4, -0.2) is 29.6 Å². The van der Waals surface area contributed by atoms with Gasteiger partial charge in [0.1, 0.15) is 0 Å². The maximum absolute atomic E-state index is 11.9. The first-order valence-electron chi connectivity index (χ1n) is 5.86. The Morgan fingerprint density at radius 3 is 2.67 bits per heavy atom. The van der Waals surface area contributed by atoms with Crippen molar-refractivity contribution in [3.8, 4) is 0 Å². The number of carbonyl (C=O) groups excluding carboxylic acids is 2. The van der Waals surface area contributed by atoms with Crippen molar-refractivity contribution in [2.45, 2.75) is 26.3 Å². The summed E-state index contributed by atoms with van der Waals surface area (Å²) >= 11 is 0. The van der Waals surface area contributed by atoms with Crippen molar-refractivity contribution in [3.63, 3.8) is 0 Å². The van der Waals surface area contributed by atoms with Crippen molar-refractivity contribution in [3.05, 3.63) is 29.8 Å². The standard InChI is InChI=1S/C13H18N2O3/c1-3-11(8-16)15-13(18)10-5-4-6-12(7-10)14-9(2)17/h4-7,11,16H,3,8H2,1-2H3,(H,14,17)(H,15,18)/t11-/m1/s1. The van der Waals surface area contributed by atoms with Gasteiger partial charge in [-0.05, 0) is 24.6 Å². The van der Waals surface area contributed by atoms with Gasteiger partial charge in [-0.25, -0.2) is 0 Å². The molecule has 2 amide bonds. The number of carbonyl (C=O) groups is 2. The lowest BCUT2D eigenvalue weighted by atomic mass is 10.1. The van der Waals surface area contributed by atoms with Crippen molar-refractivity contribution in [1.29, 1.82) is 0 Å². The highest BCUT2D eigenvalue weighted by Crippen LogP contribution is 2.10. The van der Waals surface area contributed by atoms with Crippen molar-refractivity contribution in [2.75, 3.05) is 11.9 Å². The molecule has 5 nitrogen and oxygen atoms in total. The molecule has 0 radical (unpaired) electrons. The molecular weight excluding hydrogens is 232 g/mol. The second-order valence-electron chi connectivity index (χ2n) is 4.02. The number of benzene rings is 1. The number of amides is 2. The van der Waals surface area contributed by atoms with E-state index in [1.807, 2.05) is 6.92 Å². The van der Waals surface area contributed by atoms with Gasteiger partial charge in [0.15, 0.2) is 0 Å². The Balaban J connectivity index is 2.76. The van der Waals surface area contributed by atoms with Crippen LogP contribution in [0.2, 0.25) is 0 Å². The maximum atomic E-state index is 11.9. The third-order valence-corrected chi connectivity index (χ3v) is 2.49. The number of rotatable bonds is 5. The van der Waals surface area contributed by atoms with E-state index in [2.05, 4.69) is 10.6 Å². The number of hydrogen-bond acceptors (Lipinski definition) is 3. The summed E-state index contributed by atoms with van der Waals surface area (Å²) in [6, 6.07) is 6.41. The van der Waals surface area contributed by atoms with E-state index in [1.165, 1.54) is 6.92 Å². The third-order valence-electron chi connectivity index (χ3n) is 2.49. The highest BCUT2D eigenvalue weighted by Gasteiger charge is 2.11. The minimum absolute atomic E-state index is 0.0897. The third kappa shape index (κ3) is 4.18. The molecule has 1 aromatic rings. The van der Waals surface area contributed by atoms with Gasteiger partial charge in [-0.15, -0.1) is 0 Å². The minimum atomic E-state index is -0.261. The Morgan fingerprint density at radius 2 is 2.11 bits per heavy atom. The van der Waals surface area contributed by atoms with Crippen LogP contribution in [0.15, 0.2) is 24.3 Å². The molecule has 0 aliphatic carbocycles. The van der Waals surface area contributed by atoms with Crippen molar-refractivity contribution < 1.29 is 14.7 Å². The van der Waals surface area contributed by atoms with E-state index in [0.29, 0.717) is 17.7 Å². The van der Waals surface area contributed by atoms with E-state index in [9.17, 15) is 9.59 Å². The highest BCUT2D eigenvalue weighted by molar-refractivity contribution is 5.96. The Hall–Kier alpha value is -1.88. The average molecular weight is 250 g/mol. The van der Waals surface area contributed by atoms with Crippen molar-refractivity contribution in [1.82, 2.24) is 5.32 Å². The van der Waals surface area contributed by atoms with Gasteiger partial charge in [0.25, 0.3) is 5.91 Å². The first-order valence-corrected chi connectivity index (χ1v) is 5.86. The fourth-order valence-corrected chi connectivity index (χ4v) is 1.49. The van der Waals surface area contributed by atoms with Gasteiger partial charge in [0.05, 0.1) is 12.6 Å². The van der Waals surface area contributed by atoms with Gasteiger partial charge in [0, 0.05) is 18.2 Å². The molecule has 98 valence electrons. The number of aliphatic hydroxyl groups is 1. The van der Waals surface area contributed by atoms with Gasteiger partial charge in [-0.1, -0.05) is 13.0 Å². The quantitative estimate of drug-likeness (QED) is 0.733. The lowest BCUT2D eigenvalue weighted by molar-refractivity contribution is -0.114. The molecule has 0 saturated heterocycles. The molecular formula is C13H18N2O3. The fraction of sp³-hybridized carbons (Fsp3) is 0.385. The average Bonchev–Trinajstić information content (AvgIpc) is 2.35. The molecule has 0 saturated carbocycles. The number of anilines is 1. The van der Waals surface area contributed by atoms with Crippen LogP contribution in [0.3, 0.4) is 0 Å². The normalized spacial score (nSPS) is 11.7. The Bertz CT molecular complexity index is 428. The Kier molecular flexibility index (Phi) is 5.32. The second-order valence-corrected chi connectivity index (χ2v) is 4.02. The molecule has 0 spiro atoms. The zero-order valence-electron chi connectivity index (χ0n) is 10.6. The van der Waals surface area contributed by atoms with Crippen molar-refractivity contribution in [2.24, 2.45) is 0 Å². The lowest BCUT2D eigenvalue weighted by Gasteiger charge is -2.14. The van der Waals surface area contributed by atoms with Crippen LogP contribution >= 0.6 is 0 Å². The molecule has 0 aromatic heterocycles. The zero-order valence-corrected chi connectivity index (χ0v) is 10.6. The second kappa shape index (κ2) is 6.76. The summed E-state index contributed by atoms with van der Waals surface area (Å²) in [7, 11) is 0. The molecule has 0 fully saturated rings. The molecule has 0 aliphatic rings. The summed E-state index contributed by atoms with van der Waals surface area (Å²) in [5, 5.41) is 14.3. The number of aliphatic hydroxyl groups excluding tert-OH is 1. The fourth-order valence-electron chi connectivity index (χ4n) is 1.49. The topological polar surface area (TPSA) is 78.4 Å². The molecule has 18 heavy (non-hydrogen) atoms. The number of hydrogen-bond donors (Lipinski definition) is 3. The summed E-state index contributed by atoms with van der Waals surface area (Å²) in [4.78, 5) is 22.8. The van der Waals surface area contributed by atoms with Crippen LogP contribution in [0.1, 0.15) is 30.6 Å². The van der Waals surface area contributed by atoms with E-state index < -0.39 is 0 Å². The van der Waals surface area contributed by atoms with Crippen LogP contribution < -0.4 is 10.6 Å². The monoisotopic (exact) mass is 250 g/mol. The largest absolute Gasteiger partial charge is 0.394 e. The van der Waals surface area contributed by atoms with Crippen LogP contribution in [0.4, 0.5) is 5.69 Å². The van der Waals surface area contributed by atoms with Crippen LogP contribution in [0, 0.1) is 0 Å². The SMILES string of the molecule is CC[C@H](CO)NC(=O)c1cccc(NC(C)=O)c1. The van der Waals surface area contributed by atoms with Crippen LogP contribution in [0.25, 0.3) is 0 Å². The smallest absolute Gasteiger partial charge is 0.251 e. The molecule has 1 aromatic carbocycles. The van der Waals surface area contributed by atoms with Gasteiger partial charge in [-0.2, -0.15) is 0 Å². The molecule has 1 atom stereocenters. The van der Waals surface area contributed by atoms with Gasteiger partial charge < -0.3 is 15.7 Å². The Labute approximate surface area is 106 Å². The van der Waals surface area contributed by atoms with E-state index in [4.69, 9.17) is 5.11 Å². The molecule has 0 heterocycles. The lowest BCUT2D eigenvalue weighted by Crippen LogP contribution is -2.36. The van der Waals surface area contributed by atoms with Crippen LogP contribution in [0.5, 0.6) is 0 Å². The summed E-state index contributed by atoms with van der Waals surface area (Å²) in [5.74, 6) is -0.447. The van der Waals surface area contributed by atoms with Gasteiger partial charge in [-0.3, -0.25) is 9.59 Å². The minimum Gasteiger partial charge on any atom is -0.394 e.